The molecule has 0 fully saturated rings. The van der Waals surface area contributed by atoms with E-state index in [0.29, 0.717) is 52.2 Å². The Bertz CT molecular complexity index is 1220. The molecule has 0 amide bonds. The summed E-state index contributed by atoms with van der Waals surface area (Å²) in [5, 5.41) is 14.3. The summed E-state index contributed by atoms with van der Waals surface area (Å²) >= 11 is 1.34. The zero-order valence-corrected chi connectivity index (χ0v) is 17.1. The van der Waals surface area contributed by atoms with Crippen molar-refractivity contribution in [3.8, 4) is 17.1 Å². The molecule has 9 heteroatoms. The molecule has 8 nitrogen and oxygen atoms in total. The highest BCUT2D eigenvalue weighted by molar-refractivity contribution is 7.98. The minimum atomic E-state index is -0.128. The largest absolute Gasteiger partial charge is 0.496 e. The van der Waals surface area contributed by atoms with Crippen molar-refractivity contribution >= 4 is 22.7 Å². The lowest BCUT2D eigenvalue weighted by molar-refractivity contribution is 0.276. The van der Waals surface area contributed by atoms with Gasteiger partial charge in [0.25, 0.3) is 5.56 Å². The van der Waals surface area contributed by atoms with Gasteiger partial charge in [0.1, 0.15) is 5.75 Å². The van der Waals surface area contributed by atoms with Crippen LogP contribution < -0.4 is 10.3 Å². The van der Waals surface area contributed by atoms with Gasteiger partial charge in [0, 0.05) is 13.2 Å². The number of para-hydroxylation sites is 2. The molecule has 30 heavy (non-hydrogen) atoms. The second-order valence-electron chi connectivity index (χ2n) is 6.45. The molecule has 1 N–H and O–H groups in total. The Hall–Kier alpha value is -3.17. The van der Waals surface area contributed by atoms with Crippen LogP contribution in [0, 0.1) is 0 Å². The quantitative estimate of drug-likeness (QED) is 0.340. The molecule has 2 aromatic carbocycles. The molecule has 154 valence electrons. The number of aliphatic hydroxyl groups excluding tert-OH is 1. The van der Waals surface area contributed by atoms with Gasteiger partial charge in [-0.3, -0.25) is 9.36 Å². The van der Waals surface area contributed by atoms with E-state index in [0.717, 1.165) is 5.56 Å². The molecule has 4 rings (SSSR count). The number of aliphatic hydroxyl groups is 1. The summed E-state index contributed by atoms with van der Waals surface area (Å²) in [5.74, 6) is 1.86. The molecule has 0 saturated heterocycles. The number of aromatic nitrogens is 4. The first kappa shape index (κ1) is 20.1. The molecular weight excluding hydrogens is 404 g/mol. The zero-order chi connectivity index (χ0) is 20.9. The van der Waals surface area contributed by atoms with E-state index in [4.69, 9.17) is 9.26 Å². The topological polar surface area (TPSA) is 103 Å². The fraction of sp³-hybridized carbons (Fsp3) is 0.238. The van der Waals surface area contributed by atoms with Crippen LogP contribution in [0.1, 0.15) is 12.3 Å². The average Bonchev–Trinajstić information content (AvgIpc) is 3.26. The summed E-state index contributed by atoms with van der Waals surface area (Å²) in [6.07, 6.45) is 0.464. The molecule has 0 saturated carbocycles. The van der Waals surface area contributed by atoms with Crippen LogP contribution in [-0.2, 0) is 12.3 Å². The molecule has 0 atom stereocenters. The van der Waals surface area contributed by atoms with E-state index in [1.54, 1.807) is 17.7 Å². The van der Waals surface area contributed by atoms with E-state index in [1.165, 1.54) is 11.8 Å². The summed E-state index contributed by atoms with van der Waals surface area (Å²) in [7, 11) is 1.59. The molecule has 0 spiro atoms. The van der Waals surface area contributed by atoms with Crippen molar-refractivity contribution in [3.05, 3.63) is 64.8 Å². The molecule has 0 aliphatic carbocycles. The third kappa shape index (κ3) is 4.07. The van der Waals surface area contributed by atoms with Crippen LogP contribution >= 0.6 is 11.8 Å². The molecule has 2 aromatic heterocycles. The van der Waals surface area contributed by atoms with Crippen molar-refractivity contribution < 1.29 is 14.4 Å². The number of nitrogens with zero attached hydrogens (tertiary/aromatic N) is 4. The Morgan fingerprint density at radius 3 is 2.77 bits per heavy atom. The van der Waals surface area contributed by atoms with Crippen LogP contribution in [0.25, 0.3) is 22.3 Å². The van der Waals surface area contributed by atoms with Crippen LogP contribution in [0.4, 0.5) is 0 Å². The molecule has 0 aliphatic heterocycles. The lowest BCUT2D eigenvalue weighted by atomic mass is 10.2. The highest BCUT2D eigenvalue weighted by atomic mass is 32.2. The normalized spacial score (nSPS) is 11.1. The monoisotopic (exact) mass is 424 g/mol. The Kier molecular flexibility index (Phi) is 6.10. The molecular formula is C21H20N4O4S. The molecule has 0 bridgehead atoms. The lowest BCUT2D eigenvalue weighted by Gasteiger charge is -2.11. The number of thioether (sulfide) groups is 1. The smallest absolute Gasteiger partial charge is 0.262 e. The number of benzene rings is 2. The van der Waals surface area contributed by atoms with Gasteiger partial charge in [-0.1, -0.05) is 41.2 Å². The number of methoxy groups -OCH3 is 1. The van der Waals surface area contributed by atoms with Gasteiger partial charge < -0.3 is 14.4 Å². The second kappa shape index (κ2) is 9.10. The zero-order valence-electron chi connectivity index (χ0n) is 16.3. The minimum Gasteiger partial charge on any atom is -0.496 e. The fourth-order valence-corrected chi connectivity index (χ4v) is 3.93. The van der Waals surface area contributed by atoms with Crippen LogP contribution in [0.3, 0.4) is 0 Å². The fourth-order valence-electron chi connectivity index (χ4n) is 3.06. The third-order valence-corrected chi connectivity index (χ3v) is 5.47. The standard InChI is InChI=1S/C21H20N4O4S/c1-28-17-10-5-3-8-15(17)19-23-18(29-24-19)13-30-21-22-16-9-4-2-7-14(16)20(27)25(21)11-6-12-26/h2-5,7-10,26H,6,11-13H2,1H3. The molecule has 0 unspecified atom stereocenters. The van der Waals surface area contributed by atoms with Gasteiger partial charge in [-0.25, -0.2) is 4.98 Å². The predicted octanol–water partition coefficient (Wildman–Crippen LogP) is 3.13. The Labute approximate surface area is 176 Å². The molecule has 0 aliphatic rings. The van der Waals surface area contributed by atoms with Crippen molar-refractivity contribution in [1.82, 2.24) is 19.7 Å². The highest BCUT2D eigenvalue weighted by Gasteiger charge is 2.16. The van der Waals surface area contributed by atoms with E-state index >= 15 is 0 Å². The average molecular weight is 424 g/mol. The van der Waals surface area contributed by atoms with Gasteiger partial charge in [-0.15, -0.1) is 0 Å². The molecule has 4 aromatic rings. The maximum Gasteiger partial charge on any atom is 0.262 e. The maximum absolute atomic E-state index is 12.9. The van der Waals surface area contributed by atoms with Crippen molar-refractivity contribution in [1.29, 1.82) is 0 Å². The van der Waals surface area contributed by atoms with Gasteiger partial charge in [0.15, 0.2) is 5.16 Å². The van der Waals surface area contributed by atoms with Crippen molar-refractivity contribution in [3.63, 3.8) is 0 Å². The van der Waals surface area contributed by atoms with E-state index in [2.05, 4.69) is 15.1 Å². The summed E-state index contributed by atoms with van der Waals surface area (Å²) in [4.78, 5) is 22.0. The second-order valence-corrected chi connectivity index (χ2v) is 7.39. The van der Waals surface area contributed by atoms with Gasteiger partial charge in [0.05, 0.1) is 29.3 Å². The third-order valence-electron chi connectivity index (χ3n) is 4.51. The summed E-state index contributed by atoms with van der Waals surface area (Å²) in [6.45, 7) is 0.376. The van der Waals surface area contributed by atoms with E-state index in [9.17, 15) is 9.90 Å². The van der Waals surface area contributed by atoms with Crippen LogP contribution in [0.2, 0.25) is 0 Å². The lowest BCUT2D eigenvalue weighted by Crippen LogP contribution is -2.24. The first-order valence-electron chi connectivity index (χ1n) is 9.40. The number of ether oxygens (including phenoxy) is 1. The van der Waals surface area contributed by atoms with Crippen molar-refractivity contribution in [2.24, 2.45) is 0 Å². The van der Waals surface area contributed by atoms with Crippen molar-refractivity contribution in [2.75, 3.05) is 13.7 Å². The predicted molar refractivity (Wildman–Crippen MR) is 114 cm³/mol. The van der Waals surface area contributed by atoms with E-state index < -0.39 is 0 Å². The first-order valence-corrected chi connectivity index (χ1v) is 10.4. The van der Waals surface area contributed by atoms with Crippen LogP contribution in [-0.4, -0.2) is 38.5 Å². The minimum absolute atomic E-state index is 0.00466. The Balaban J connectivity index is 1.61. The summed E-state index contributed by atoms with van der Waals surface area (Å²) in [6, 6.07) is 14.7. The van der Waals surface area contributed by atoms with Gasteiger partial charge in [-0.05, 0) is 30.7 Å². The number of hydrogen-bond acceptors (Lipinski definition) is 8. The van der Waals surface area contributed by atoms with Crippen LogP contribution in [0.5, 0.6) is 5.75 Å². The summed E-state index contributed by atoms with van der Waals surface area (Å²) < 4.78 is 12.3. The van der Waals surface area contributed by atoms with Gasteiger partial charge in [-0.2, -0.15) is 4.98 Å². The van der Waals surface area contributed by atoms with Crippen molar-refractivity contribution in [2.45, 2.75) is 23.9 Å². The summed E-state index contributed by atoms with van der Waals surface area (Å²) in [5.41, 5.74) is 1.24. The SMILES string of the molecule is COc1ccccc1-c1noc(CSc2nc3ccccc3c(=O)n2CCCO)n1. The number of fused-ring (bicyclic) bond motifs is 1. The Morgan fingerprint density at radius 2 is 1.93 bits per heavy atom. The molecule has 0 radical (unpaired) electrons. The number of hydrogen-bond donors (Lipinski definition) is 1. The Morgan fingerprint density at radius 1 is 1.13 bits per heavy atom. The highest BCUT2D eigenvalue weighted by Crippen LogP contribution is 2.28. The molecule has 2 heterocycles. The van der Waals surface area contributed by atoms with Crippen LogP contribution in [0.15, 0.2) is 63.0 Å². The van der Waals surface area contributed by atoms with E-state index in [1.807, 2.05) is 42.5 Å². The van der Waals surface area contributed by atoms with Gasteiger partial charge in [0.2, 0.25) is 11.7 Å². The maximum atomic E-state index is 12.9. The first-order chi connectivity index (χ1) is 14.7. The van der Waals surface area contributed by atoms with E-state index in [-0.39, 0.29) is 12.2 Å². The van der Waals surface area contributed by atoms with Gasteiger partial charge >= 0.3 is 0 Å². The number of rotatable bonds is 8.